The number of nitrogens with zero attached hydrogens (tertiary/aromatic N) is 1. The van der Waals surface area contributed by atoms with E-state index in [9.17, 15) is 9.59 Å². The largest absolute Gasteiger partial charge is 0.481 e. The maximum absolute atomic E-state index is 11.5. The van der Waals surface area contributed by atoms with Crippen molar-refractivity contribution in [3.05, 3.63) is 16.1 Å². The number of rotatable bonds is 7. The molecule has 0 aliphatic carbocycles. The minimum absolute atomic E-state index is 0.0771. The fourth-order valence-corrected chi connectivity index (χ4v) is 2.37. The number of carbonyl (C=O) groups excluding carboxylic acids is 1. The van der Waals surface area contributed by atoms with E-state index in [4.69, 9.17) is 10.8 Å². The lowest BCUT2D eigenvalue weighted by Crippen LogP contribution is -2.27. The summed E-state index contributed by atoms with van der Waals surface area (Å²) < 4.78 is 0. The van der Waals surface area contributed by atoms with Gasteiger partial charge in [0.25, 0.3) is 0 Å². The van der Waals surface area contributed by atoms with Crippen LogP contribution in [-0.4, -0.2) is 28.5 Å². The van der Waals surface area contributed by atoms with Crippen molar-refractivity contribution in [2.45, 2.75) is 32.7 Å². The van der Waals surface area contributed by atoms with Crippen LogP contribution in [0, 0.1) is 5.92 Å². The van der Waals surface area contributed by atoms with Crippen LogP contribution in [0.5, 0.6) is 0 Å². The van der Waals surface area contributed by atoms with Crippen molar-refractivity contribution >= 4 is 23.2 Å². The summed E-state index contributed by atoms with van der Waals surface area (Å²) >= 11 is 1.45. The van der Waals surface area contributed by atoms with Crippen molar-refractivity contribution < 1.29 is 14.7 Å². The summed E-state index contributed by atoms with van der Waals surface area (Å²) in [6.07, 6.45) is 0.0766. The number of aliphatic carboxylic acids is 1. The van der Waals surface area contributed by atoms with E-state index < -0.39 is 5.97 Å². The summed E-state index contributed by atoms with van der Waals surface area (Å²) in [5.74, 6) is -0.862. The molecule has 0 aliphatic rings. The smallest absolute Gasteiger partial charge is 0.305 e. The number of carbonyl (C=O) groups is 2. The first kappa shape index (κ1) is 15.6. The molecular formula is C12H19N3O3S. The molecule has 0 radical (unpaired) electrons. The summed E-state index contributed by atoms with van der Waals surface area (Å²) in [6, 6.07) is -0.117. The Hall–Kier alpha value is -1.47. The Bertz CT molecular complexity index is 445. The van der Waals surface area contributed by atoms with Crippen molar-refractivity contribution in [1.82, 2.24) is 10.3 Å². The number of thiazole rings is 1. The molecule has 0 spiro atoms. The molecule has 1 aromatic rings. The van der Waals surface area contributed by atoms with Crippen LogP contribution in [0.4, 0.5) is 0 Å². The highest BCUT2D eigenvalue weighted by atomic mass is 32.1. The second-order valence-electron chi connectivity index (χ2n) is 4.62. The van der Waals surface area contributed by atoms with Crippen LogP contribution in [0.3, 0.4) is 0 Å². The highest BCUT2D eigenvalue weighted by Crippen LogP contribution is 2.22. The number of amides is 1. The van der Waals surface area contributed by atoms with E-state index in [0.29, 0.717) is 11.6 Å². The predicted molar refractivity (Wildman–Crippen MR) is 72.8 cm³/mol. The third-order valence-corrected chi connectivity index (χ3v) is 3.57. The SMILES string of the molecule is CC(C)C(N)c1nc(CC(=O)NCCC(=O)O)cs1. The summed E-state index contributed by atoms with van der Waals surface area (Å²) in [4.78, 5) is 26.2. The number of hydrogen-bond acceptors (Lipinski definition) is 5. The quantitative estimate of drug-likeness (QED) is 0.691. The van der Waals surface area contributed by atoms with Gasteiger partial charge in [-0.15, -0.1) is 11.3 Å². The number of nitrogens with two attached hydrogens (primary N) is 1. The molecule has 0 aromatic carbocycles. The average Bonchev–Trinajstić information content (AvgIpc) is 2.75. The molecule has 7 heteroatoms. The Morgan fingerprint density at radius 1 is 1.53 bits per heavy atom. The summed E-state index contributed by atoms with van der Waals surface area (Å²) in [5, 5.41) is 13.6. The first-order valence-corrected chi connectivity index (χ1v) is 6.96. The second kappa shape index (κ2) is 7.20. The van der Waals surface area contributed by atoms with Gasteiger partial charge in [-0.05, 0) is 5.92 Å². The summed E-state index contributed by atoms with van der Waals surface area (Å²) in [5.41, 5.74) is 6.65. The third-order valence-electron chi connectivity index (χ3n) is 2.58. The zero-order valence-electron chi connectivity index (χ0n) is 11.0. The van der Waals surface area contributed by atoms with Gasteiger partial charge < -0.3 is 16.2 Å². The Morgan fingerprint density at radius 2 is 2.21 bits per heavy atom. The van der Waals surface area contributed by atoms with E-state index in [1.165, 1.54) is 11.3 Å². The molecule has 1 amide bonds. The number of hydrogen-bond donors (Lipinski definition) is 3. The van der Waals surface area contributed by atoms with Gasteiger partial charge in [-0.3, -0.25) is 9.59 Å². The van der Waals surface area contributed by atoms with Crippen molar-refractivity contribution in [2.24, 2.45) is 11.7 Å². The lowest BCUT2D eigenvalue weighted by molar-refractivity contribution is -0.136. The van der Waals surface area contributed by atoms with Gasteiger partial charge in [0.2, 0.25) is 5.91 Å². The molecule has 19 heavy (non-hydrogen) atoms. The predicted octanol–water partition coefficient (Wildman–Crippen LogP) is 0.932. The van der Waals surface area contributed by atoms with E-state index >= 15 is 0 Å². The molecule has 1 aromatic heterocycles. The van der Waals surface area contributed by atoms with Crippen LogP contribution >= 0.6 is 11.3 Å². The molecular weight excluding hydrogens is 266 g/mol. The topological polar surface area (TPSA) is 105 Å². The van der Waals surface area contributed by atoms with Crippen molar-refractivity contribution in [2.75, 3.05) is 6.54 Å². The van der Waals surface area contributed by atoms with Gasteiger partial charge in [0, 0.05) is 11.9 Å². The summed E-state index contributed by atoms with van der Waals surface area (Å²) in [6.45, 7) is 4.17. The van der Waals surface area contributed by atoms with E-state index in [1.807, 2.05) is 19.2 Å². The minimum atomic E-state index is -0.931. The molecule has 1 unspecified atom stereocenters. The zero-order chi connectivity index (χ0) is 14.4. The first-order chi connectivity index (χ1) is 8.90. The lowest BCUT2D eigenvalue weighted by atomic mass is 10.1. The van der Waals surface area contributed by atoms with E-state index in [0.717, 1.165) is 5.01 Å². The molecule has 0 fully saturated rings. The van der Waals surface area contributed by atoms with Crippen LogP contribution in [-0.2, 0) is 16.0 Å². The maximum atomic E-state index is 11.5. The van der Waals surface area contributed by atoms with Crippen LogP contribution in [0.1, 0.15) is 37.0 Å². The Morgan fingerprint density at radius 3 is 2.79 bits per heavy atom. The van der Waals surface area contributed by atoms with Crippen LogP contribution < -0.4 is 11.1 Å². The van der Waals surface area contributed by atoms with Gasteiger partial charge >= 0.3 is 5.97 Å². The number of nitrogens with one attached hydrogen (secondary N) is 1. The summed E-state index contributed by atoms with van der Waals surface area (Å²) in [7, 11) is 0. The molecule has 1 heterocycles. The van der Waals surface area contributed by atoms with Crippen molar-refractivity contribution in [3.8, 4) is 0 Å². The highest BCUT2D eigenvalue weighted by molar-refractivity contribution is 7.09. The second-order valence-corrected chi connectivity index (χ2v) is 5.51. The van der Waals surface area contributed by atoms with E-state index in [1.54, 1.807) is 0 Å². The van der Waals surface area contributed by atoms with E-state index in [2.05, 4.69) is 10.3 Å². The van der Waals surface area contributed by atoms with Gasteiger partial charge in [-0.2, -0.15) is 0 Å². The molecule has 4 N–H and O–H groups in total. The van der Waals surface area contributed by atoms with Gasteiger partial charge in [-0.1, -0.05) is 13.8 Å². The third kappa shape index (κ3) is 5.35. The maximum Gasteiger partial charge on any atom is 0.305 e. The van der Waals surface area contributed by atoms with Gasteiger partial charge in [0.15, 0.2) is 0 Å². The average molecular weight is 285 g/mol. The van der Waals surface area contributed by atoms with Crippen LogP contribution in [0.15, 0.2) is 5.38 Å². The van der Waals surface area contributed by atoms with Crippen LogP contribution in [0.2, 0.25) is 0 Å². The van der Waals surface area contributed by atoms with Crippen molar-refractivity contribution in [1.29, 1.82) is 0 Å². The zero-order valence-corrected chi connectivity index (χ0v) is 11.9. The molecule has 106 valence electrons. The molecule has 6 nitrogen and oxygen atoms in total. The molecule has 0 saturated heterocycles. The first-order valence-electron chi connectivity index (χ1n) is 6.08. The Balaban J connectivity index is 2.45. The lowest BCUT2D eigenvalue weighted by Gasteiger charge is -2.11. The molecule has 1 atom stereocenters. The molecule has 1 rings (SSSR count). The number of carboxylic acids is 1. The van der Waals surface area contributed by atoms with Crippen LogP contribution in [0.25, 0.3) is 0 Å². The highest BCUT2D eigenvalue weighted by Gasteiger charge is 2.15. The van der Waals surface area contributed by atoms with Gasteiger partial charge in [0.05, 0.1) is 24.6 Å². The Kier molecular flexibility index (Phi) is 5.91. The molecule has 0 bridgehead atoms. The molecule has 0 saturated carbocycles. The fourth-order valence-electron chi connectivity index (χ4n) is 1.38. The fraction of sp³-hybridized carbons (Fsp3) is 0.583. The van der Waals surface area contributed by atoms with Crippen molar-refractivity contribution in [3.63, 3.8) is 0 Å². The number of carboxylic acid groups (broad SMARTS) is 1. The Labute approximate surface area is 116 Å². The van der Waals surface area contributed by atoms with E-state index in [-0.39, 0.29) is 31.3 Å². The van der Waals surface area contributed by atoms with Gasteiger partial charge in [-0.25, -0.2) is 4.98 Å². The monoisotopic (exact) mass is 285 g/mol. The standard InChI is InChI=1S/C12H19N3O3S/c1-7(2)11(13)12-15-8(6-19-12)5-9(16)14-4-3-10(17)18/h6-7,11H,3-5,13H2,1-2H3,(H,14,16)(H,17,18). The van der Waals surface area contributed by atoms with Gasteiger partial charge in [0.1, 0.15) is 5.01 Å². The minimum Gasteiger partial charge on any atom is -0.481 e. The number of aromatic nitrogens is 1. The molecule has 0 aliphatic heterocycles. The normalized spacial score (nSPS) is 12.4.